The van der Waals surface area contributed by atoms with Crippen molar-refractivity contribution in [2.45, 2.75) is 46.3 Å². The summed E-state index contributed by atoms with van der Waals surface area (Å²) in [6.45, 7) is 9.94. The third-order valence-electron chi connectivity index (χ3n) is 3.40. The molecule has 1 aromatic heterocycles. The minimum Gasteiger partial charge on any atom is -0.380 e. The number of para-hydroxylation sites is 1. The summed E-state index contributed by atoms with van der Waals surface area (Å²) in [6, 6.07) is 11.3. The van der Waals surface area contributed by atoms with E-state index in [1.54, 1.807) is 0 Å². The van der Waals surface area contributed by atoms with E-state index in [1.807, 2.05) is 0 Å². The van der Waals surface area contributed by atoms with Crippen LogP contribution < -0.4 is 5.32 Å². The van der Waals surface area contributed by atoms with E-state index in [0.717, 1.165) is 32.7 Å². The average Bonchev–Trinajstić information content (AvgIpc) is 2.79. The van der Waals surface area contributed by atoms with Crippen LogP contribution in [0, 0.1) is 0 Å². The minimum absolute atomic E-state index is 0.498. The number of benzene rings is 1. The van der Waals surface area contributed by atoms with Gasteiger partial charge in [0.15, 0.2) is 0 Å². The predicted molar refractivity (Wildman–Crippen MR) is 85.0 cm³/mol. The molecule has 0 amide bonds. The van der Waals surface area contributed by atoms with Crippen LogP contribution in [-0.4, -0.2) is 23.8 Å². The van der Waals surface area contributed by atoms with Gasteiger partial charge in [-0.25, -0.2) is 0 Å². The lowest BCUT2D eigenvalue weighted by molar-refractivity contribution is 0.127. The van der Waals surface area contributed by atoms with Gasteiger partial charge in [0.05, 0.1) is 6.61 Å². The molecule has 110 valence electrons. The van der Waals surface area contributed by atoms with E-state index in [4.69, 9.17) is 4.74 Å². The maximum absolute atomic E-state index is 5.64. The molecular formula is C17H26N2O. The van der Waals surface area contributed by atoms with Crippen LogP contribution in [0.5, 0.6) is 0 Å². The van der Waals surface area contributed by atoms with Crippen molar-refractivity contribution < 1.29 is 4.74 Å². The van der Waals surface area contributed by atoms with Crippen molar-refractivity contribution in [1.82, 2.24) is 9.88 Å². The van der Waals surface area contributed by atoms with E-state index in [-0.39, 0.29) is 0 Å². The largest absolute Gasteiger partial charge is 0.380 e. The maximum atomic E-state index is 5.64. The summed E-state index contributed by atoms with van der Waals surface area (Å²) in [5.74, 6) is 0. The Labute approximate surface area is 121 Å². The smallest absolute Gasteiger partial charge is 0.0645 e. The van der Waals surface area contributed by atoms with Gasteiger partial charge in [0, 0.05) is 36.9 Å². The van der Waals surface area contributed by atoms with Crippen LogP contribution in [0.1, 0.15) is 32.9 Å². The monoisotopic (exact) mass is 274 g/mol. The van der Waals surface area contributed by atoms with Gasteiger partial charge in [-0.15, -0.1) is 0 Å². The molecule has 0 spiro atoms. The molecule has 1 N–H and O–H groups in total. The van der Waals surface area contributed by atoms with Crippen molar-refractivity contribution in [3.63, 3.8) is 0 Å². The Bertz CT molecular complexity index is 531. The zero-order valence-corrected chi connectivity index (χ0v) is 12.9. The fourth-order valence-corrected chi connectivity index (χ4v) is 2.39. The third kappa shape index (κ3) is 3.84. The Morgan fingerprint density at radius 2 is 2.00 bits per heavy atom. The molecule has 0 aliphatic heterocycles. The number of nitrogens with one attached hydrogen (secondary N) is 1. The van der Waals surface area contributed by atoms with Gasteiger partial charge in [-0.3, -0.25) is 0 Å². The van der Waals surface area contributed by atoms with Gasteiger partial charge in [0.1, 0.15) is 0 Å². The number of hydrogen-bond acceptors (Lipinski definition) is 2. The van der Waals surface area contributed by atoms with Crippen LogP contribution in [0.4, 0.5) is 0 Å². The Morgan fingerprint density at radius 1 is 1.20 bits per heavy atom. The Morgan fingerprint density at radius 3 is 2.75 bits per heavy atom. The first-order valence-corrected chi connectivity index (χ1v) is 7.60. The number of nitrogens with zero attached hydrogens (tertiary/aromatic N) is 1. The molecule has 0 saturated heterocycles. The lowest BCUT2D eigenvalue weighted by Crippen LogP contribution is -2.24. The van der Waals surface area contributed by atoms with E-state index in [9.17, 15) is 0 Å². The van der Waals surface area contributed by atoms with Gasteiger partial charge < -0.3 is 14.6 Å². The summed E-state index contributed by atoms with van der Waals surface area (Å²) in [5.41, 5.74) is 2.63. The van der Waals surface area contributed by atoms with Crippen LogP contribution in [0.15, 0.2) is 30.3 Å². The van der Waals surface area contributed by atoms with Gasteiger partial charge in [0.25, 0.3) is 0 Å². The van der Waals surface area contributed by atoms with Gasteiger partial charge in [0.2, 0.25) is 0 Å². The minimum atomic E-state index is 0.498. The normalized spacial score (nSPS) is 11.6. The SMILES string of the molecule is CCCOCCn1c(CNC(C)C)cc2ccccc21. The third-order valence-corrected chi connectivity index (χ3v) is 3.40. The molecular weight excluding hydrogens is 248 g/mol. The second kappa shape index (κ2) is 7.46. The lowest BCUT2D eigenvalue weighted by Gasteiger charge is -2.13. The summed E-state index contributed by atoms with van der Waals surface area (Å²) in [4.78, 5) is 0. The molecule has 3 heteroatoms. The molecule has 0 saturated carbocycles. The molecule has 2 rings (SSSR count). The van der Waals surface area contributed by atoms with Crippen LogP contribution >= 0.6 is 0 Å². The molecule has 1 heterocycles. The quantitative estimate of drug-likeness (QED) is 0.745. The predicted octanol–water partition coefficient (Wildman–Crippen LogP) is 3.57. The second-order valence-electron chi connectivity index (χ2n) is 5.49. The van der Waals surface area contributed by atoms with Crippen LogP contribution in [-0.2, 0) is 17.8 Å². The average molecular weight is 274 g/mol. The Balaban J connectivity index is 2.16. The molecule has 0 aliphatic carbocycles. The van der Waals surface area contributed by atoms with E-state index in [2.05, 4.69) is 61.0 Å². The molecule has 3 nitrogen and oxygen atoms in total. The maximum Gasteiger partial charge on any atom is 0.0645 e. The number of hydrogen-bond donors (Lipinski definition) is 1. The van der Waals surface area contributed by atoms with Gasteiger partial charge in [-0.1, -0.05) is 39.0 Å². The topological polar surface area (TPSA) is 26.2 Å². The highest BCUT2D eigenvalue weighted by Gasteiger charge is 2.08. The van der Waals surface area contributed by atoms with Crippen molar-refractivity contribution >= 4 is 10.9 Å². The highest BCUT2D eigenvalue weighted by molar-refractivity contribution is 5.81. The fourth-order valence-electron chi connectivity index (χ4n) is 2.39. The first kappa shape index (κ1) is 15.1. The first-order valence-electron chi connectivity index (χ1n) is 7.60. The molecule has 1 aromatic carbocycles. The van der Waals surface area contributed by atoms with Crippen molar-refractivity contribution in [2.24, 2.45) is 0 Å². The second-order valence-corrected chi connectivity index (χ2v) is 5.49. The number of rotatable bonds is 8. The van der Waals surface area contributed by atoms with E-state index in [0.29, 0.717) is 6.04 Å². The van der Waals surface area contributed by atoms with Crippen LogP contribution in [0.3, 0.4) is 0 Å². The lowest BCUT2D eigenvalue weighted by atomic mass is 10.2. The molecule has 0 aliphatic rings. The zero-order chi connectivity index (χ0) is 14.4. The molecule has 20 heavy (non-hydrogen) atoms. The molecule has 0 atom stereocenters. The summed E-state index contributed by atoms with van der Waals surface area (Å²) >= 11 is 0. The standard InChI is InChI=1S/C17H26N2O/c1-4-10-20-11-9-19-16(13-18-14(2)3)12-15-7-5-6-8-17(15)19/h5-8,12,14,18H,4,9-11,13H2,1-3H3. The van der Waals surface area contributed by atoms with Crippen molar-refractivity contribution in [2.75, 3.05) is 13.2 Å². The molecule has 0 unspecified atom stereocenters. The van der Waals surface area contributed by atoms with Crippen LogP contribution in [0.25, 0.3) is 10.9 Å². The summed E-state index contributed by atoms with van der Waals surface area (Å²) in [5, 5.41) is 4.81. The van der Waals surface area contributed by atoms with Gasteiger partial charge >= 0.3 is 0 Å². The first-order chi connectivity index (χ1) is 9.72. The van der Waals surface area contributed by atoms with E-state index < -0.39 is 0 Å². The van der Waals surface area contributed by atoms with Gasteiger partial charge in [-0.2, -0.15) is 0 Å². The zero-order valence-electron chi connectivity index (χ0n) is 12.9. The summed E-state index contributed by atoms with van der Waals surface area (Å²) in [7, 11) is 0. The number of ether oxygens (including phenoxy) is 1. The molecule has 0 bridgehead atoms. The summed E-state index contributed by atoms with van der Waals surface area (Å²) < 4.78 is 8.02. The van der Waals surface area contributed by atoms with Crippen molar-refractivity contribution in [3.05, 3.63) is 36.0 Å². The molecule has 0 radical (unpaired) electrons. The number of aromatic nitrogens is 1. The molecule has 2 aromatic rings. The Hall–Kier alpha value is -1.32. The highest BCUT2D eigenvalue weighted by atomic mass is 16.5. The number of fused-ring (bicyclic) bond motifs is 1. The Kier molecular flexibility index (Phi) is 5.62. The fraction of sp³-hybridized carbons (Fsp3) is 0.529. The van der Waals surface area contributed by atoms with Crippen LogP contribution in [0.2, 0.25) is 0 Å². The highest BCUT2D eigenvalue weighted by Crippen LogP contribution is 2.19. The van der Waals surface area contributed by atoms with E-state index in [1.165, 1.54) is 16.6 Å². The van der Waals surface area contributed by atoms with E-state index >= 15 is 0 Å². The van der Waals surface area contributed by atoms with Crippen molar-refractivity contribution in [3.8, 4) is 0 Å². The summed E-state index contributed by atoms with van der Waals surface area (Å²) in [6.07, 6.45) is 1.08. The van der Waals surface area contributed by atoms with Crippen molar-refractivity contribution in [1.29, 1.82) is 0 Å². The van der Waals surface area contributed by atoms with Gasteiger partial charge in [-0.05, 0) is 23.9 Å². The molecule has 0 fully saturated rings.